The van der Waals surface area contributed by atoms with Gasteiger partial charge >= 0.3 is 0 Å². The van der Waals surface area contributed by atoms with E-state index in [1.165, 1.54) is 0 Å². The number of hydrogen-bond acceptors (Lipinski definition) is 2. The largest absolute Gasteiger partial charge is 0.337 e. The minimum absolute atomic E-state index is 0.0106. The van der Waals surface area contributed by atoms with E-state index in [2.05, 4.69) is 15.9 Å². The molecule has 0 radical (unpaired) electrons. The Morgan fingerprint density at radius 1 is 1.42 bits per heavy atom. The fourth-order valence-corrected chi connectivity index (χ4v) is 3.27. The zero-order valence-corrected chi connectivity index (χ0v) is 13.8. The molecule has 0 bridgehead atoms. The van der Waals surface area contributed by atoms with Gasteiger partial charge in [-0.1, -0.05) is 11.6 Å². The predicted molar refractivity (Wildman–Crippen MR) is 84.0 cm³/mol. The average molecular weight is 359 g/mol. The molecule has 1 aromatic carbocycles. The third kappa shape index (κ3) is 3.59. The third-order valence-corrected chi connectivity index (χ3v) is 4.60. The standard InChI is InChI=1S/C14H13BrClNOS/c1-9-5-11(16)3-4-12(9)14(18)17(2)7-10-6-13(15)19-8-10/h3-6,8H,7H2,1-2H3. The van der Waals surface area contributed by atoms with Crippen molar-refractivity contribution in [2.45, 2.75) is 13.5 Å². The lowest BCUT2D eigenvalue weighted by Crippen LogP contribution is -2.26. The average Bonchev–Trinajstić information content (AvgIpc) is 2.74. The summed E-state index contributed by atoms with van der Waals surface area (Å²) in [6, 6.07) is 7.36. The van der Waals surface area contributed by atoms with Gasteiger partial charge in [-0.3, -0.25) is 4.79 Å². The van der Waals surface area contributed by atoms with Crippen LogP contribution >= 0.6 is 38.9 Å². The zero-order valence-electron chi connectivity index (χ0n) is 10.6. The van der Waals surface area contributed by atoms with E-state index in [0.29, 0.717) is 17.1 Å². The molecule has 100 valence electrons. The molecule has 0 unspecified atom stereocenters. The van der Waals surface area contributed by atoms with Crippen LogP contribution in [0.25, 0.3) is 0 Å². The van der Waals surface area contributed by atoms with Crippen LogP contribution in [0.1, 0.15) is 21.5 Å². The Balaban J connectivity index is 2.14. The van der Waals surface area contributed by atoms with Crippen LogP contribution in [-0.2, 0) is 6.54 Å². The summed E-state index contributed by atoms with van der Waals surface area (Å²) in [7, 11) is 1.81. The van der Waals surface area contributed by atoms with Crippen LogP contribution in [0.5, 0.6) is 0 Å². The van der Waals surface area contributed by atoms with Gasteiger partial charge in [-0.25, -0.2) is 0 Å². The van der Waals surface area contributed by atoms with Crippen molar-refractivity contribution < 1.29 is 4.79 Å². The topological polar surface area (TPSA) is 20.3 Å². The van der Waals surface area contributed by atoms with Crippen LogP contribution in [0.3, 0.4) is 0 Å². The van der Waals surface area contributed by atoms with Crippen molar-refractivity contribution in [3.63, 3.8) is 0 Å². The molecule has 0 saturated heterocycles. The number of nitrogens with zero attached hydrogens (tertiary/aromatic N) is 1. The molecular formula is C14H13BrClNOS. The summed E-state index contributed by atoms with van der Waals surface area (Å²) < 4.78 is 1.08. The summed E-state index contributed by atoms with van der Waals surface area (Å²) in [6.45, 7) is 2.50. The molecule has 5 heteroatoms. The predicted octanol–water partition coefficient (Wildman–Crippen LogP) is 4.74. The Labute approximate surface area is 130 Å². The van der Waals surface area contributed by atoms with Crippen molar-refractivity contribution >= 4 is 44.8 Å². The van der Waals surface area contributed by atoms with Crippen molar-refractivity contribution in [1.82, 2.24) is 4.90 Å². The summed E-state index contributed by atoms with van der Waals surface area (Å²) in [5.41, 5.74) is 2.72. The molecule has 0 aliphatic carbocycles. The number of hydrogen-bond donors (Lipinski definition) is 0. The fraction of sp³-hybridized carbons (Fsp3) is 0.214. The molecule has 19 heavy (non-hydrogen) atoms. The van der Waals surface area contributed by atoms with Gasteiger partial charge < -0.3 is 4.90 Å². The minimum atomic E-state index is 0.0106. The number of benzene rings is 1. The molecule has 0 aliphatic rings. The fourth-order valence-electron chi connectivity index (χ4n) is 1.85. The highest BCUT2D eigenvalue weighted by Crippen LogP contribution is 2.22. The number of carbonyl (C=O) groups is 1. The van der Waals surface area contributed by atoms with Gasteiger partial charge in [0.25, 0.3) is 5.91 Å². The van der Waals surface area contributed by atoms with Gasteiger partial charge in [0.05, 0.1) is 3.79 Å². The molecule has 2 rings (SSSR count). The van der Waals surface area contributed by atoms with Crippen LogP contribution in [-0.4, -0.2) is 17.9 Å². The molecule has 2 aromatic rings. The van der Waals surface area contributed by atoms with Crippen molar-refractivity contribution in [2.24, 2.45) is 0 Å². The van der Waals surface area contributed by atoms with Crippen LogP contribution < -0.4 is 0 Å². The minimum Gasteiger partial charge on any atom is -0.337 e. The van der Waals surface area contributed by atoms with Crippen molar-refractivity contribution in [3.05, 3.63) is 55.1 Å². The van der Waals surface area contributed by atoms with Gasteiger partial charge in [-0.2, -0.15) is 0 Å². The van der Waals surface area contributed by atoms with Gasteiger partial charge in [-0.15, -0.1) is 11.3 Å². The third-order valence-electron chi connectivity index (χ3n) is 2.81. The van der Waals surface area contributed by atoms with Crippen LogP contribution in [0.15, 0.2) is 33.4 Å². The van der Waals surface area contributed by atoms with Crippen molar-refractivity contribution in [3.8, 4) is 0 Å². The lowest BCUT2D eigenvalue weighted by molar-refractivity contribution is 0.0784. The first kappa shape index (κ1) is 14.6. The number of carbonyl (C=O) groups excluding carboxylic acids is 1. The van der Waals surface area contributed by atoms with E-state index < -0.39 is 0 Å². The highest BCUT2D eigenvalue weighted by molar-refractivity contribution is 9.11. The first-order valence-corrected chi connectivity index (χ1v) is 7.77. The van der Waals surface area contributed by atoms with Crippen LogP contribution in [0, 0.1) is 6.92 Å². The molecule has 1 aromatic heterocycles. The summed E-state index contributed by atoms with van der Waals surface area (Å²) in [5, 5.41) is 2.70. The molecule has 0 spiro atoms. The van der Waals surface area contributed by atoms with E-state index in [4.69, 9.17) is 11.6 Å². The van der Waals surface area contributed by atoms with Gasteiger partial charge in [-0.05, 0) is 63.6 Å². The van der Waals surface area contributed by atoms with Crippen LogP contribution in [0.4, 0.5) is 0 Å². The Hall–Kier alpha value is -0.840. The maximum atomic E-state index is 12.4. The number of aryl methyl sites for hydroxylation is 1. The Bertz CT molecular complexity index is 611. The van der Waals surface area contributed by atoms with E-state index in [1.54, 1.807) is 28.4 Å². The summed E-state index contributed by atoms with van der Waals surface area (Å²) in [4.78, 5) is 14.1. The summed E-state index contributed by atoms with van der Waals surface area (Å²) >= 11 is 10.9. The SMILES string of the molecule is Cc1cc(Cl)ccc1C(=O)N(C)Cc1csc(Br)c1. The van der Waals surface area contributed by atoms with Gasteiger partial charge in [0.2, 0.25) is 0 Å². The Kier molecular flexibility index (Phi) is 4.66. The number of amides is 1. The second-order valence-electron chi connectivity index (χ2n) is 4.38. The molecule has 0 atom stereocenters. The first-order chi connectivity index (χ1) is 8.97. The van der Waals surface area contributed by atoms with Crippen molar-refractivity contribution in [1.29, 1.82) is 0 Å². The highest BCUT2D eigenvalue weighted by atomic mass is 79.9. The molecule has 1 amide bonds. The monoisotopic (exact) mass is 357 g/mol. The van der Waals surface area contributed by atoms with Gasteiger partial charge in [0.15, 0.2) is 0 Å². The molecule has 0 fully saturated rings. The summed E-state index contributed by atoms with van der Waals surface area (Å²) in [5.74, 6) is 0.0106. The Morgan fingerprint density at radius 3 is 2.74 bits per heavy atom. The quantitative estimate of drug-likeness (QED) is 0.775. The smallest absolute Gasteiger partial charge is 0.254 e. The molecule has 0 aliphatic heterocycles. The van der Waals surface area contributed by atoms with Crippen LogP contribution in [0.2, 0.25) is 5.02 Å². The lowest BCUT2D eigenvalue weighted by atomic mass is 10.1. The van der Waals surface area contributed by atoms with Crippen molar-refractivity contribution in [2.75, 3.05) is 7.05 Å². The Morgan fingerprint density at radius 2 is 2.16 bits per heavy atom. The van der Waals surface area contributed by atoms with E-state index in [0.717, 1.165) is 14.9 Å². The molecule has 0 saturated carbocycles. The molecular weight excluding hydrogens is 346 g/mol. The van der Waals surface area contributed by atoms with E-state index in [-0.39, 0.29) is 5.91 Å². The molecule has 2 nitrogen and oxygen atoms in total. The molecule has 1 heterocycles. The van der Waals surface area contributed by atoms with E-state index in [9.17, 15) is 4.79 Å². The lowest BCUT2D eigenvalue weighted by Gasteiger charge is -2.17. The second-order valence-corrected chi connectivity index (χ2v) is 7.11. The number of thiophene rings is 1. The summed E-state index contributed by atoms with van der Waals surface area (Å²) in [6.07, 6.45) is 0. The van der Waals surface area contributed by atoms with E-state index in [1.807, 2.05) is 31.5 Å². The number of halogens is 2. The maximum absolute atomic E-state index is 12.4. The zero-order chi connectivity index (χ0) is 14.0. The second kappa shape index (κ2) is 6.07. The van der Waals surface area contributed by atoms with Gasteiger partial charge in [0, 0.05) is 24.2 Å². The van der Waals surface area contributed by atoms with Gasteiger partial charge in [0.1, 0.15) is 0 Å². The van der Waals surface area contributed by atoms with E-state index >= 15 is 0 Å². The molecule has 0 N–H and O–H groups in total. The highest BCUT2D eigenvalue weighted by Gasteiger charge is 2.15. The maximum Gasteiger partial charge on any atom is 0.254 e. The first-order valence-electron chi connectivity index (χ1n) is 5.72. The normalized spacial score (nSPS) is 10.5. The number of rotatable bonds is 3.